The van der Waals surface area contributed by atoms with Gasteiger partial charge in [-0.15, -0.1) is 0 Å². The third kappa shape index (κ3) is 13.6. The van der Waals surface area contributed by atoms with Crippen LogP contribution in [-0.4, -0.2) is 51.6 Å². The molecular weight excluding hydrogens is 729 g/mol. The van der Waals surface area contributed by atoms with E-state index in [1.165, 1.54) is 0 Å². The molecule has 0 aliphatic heterocycles. The molecule has 0 heterocycles. The van der Waals surface area contributed by atoms with Crippen molar-refractivity contribution >= 4 is 25.1 Å². The highest BCUT2D eigenvalue weighted by atomic mass is 16.5. The van der Waals surface area contributed by atoms with Gasteiger partial charge in [0.05, 0.1) is 26.4 Å². The molecule has 0 N–H and O–H groups in total. The highest BCUT2D eigenvalue weighted by Gasteiger charge is 2.16. The van der Waals surface area contributed by atoms with E-state index in [-0.39, 0.29) is 0 Å². The van der Waals surface area contributed by atoms with Gasteiger partial charge < -0.3 is 18.9 Å². The monoisotopic (exact) mass is 782 g/mol. The average Bonchev–Trinajstić information content (AvgIpc) is 3.27. The number of ether oxygens (including phenoxy) is 4. The van der Waals surface area contributed by atoms with Crippen molar-refractivity contribution in [2.24, 2.45) is 0 Å². The fraction of sp³-hybridized carbons (Fsp3) is 0.320. The molecule has 0 spiro atoms. The van der Waals surface area contributed by atoms with E-state index in [2.05, 4.69) is 0 Å². The number of carbonyl (C=O) groups is 4. The first-order valence-electron chi connectivity index (χ1n) is 20.4. The Bertz CT molecular complexity index is 1770. The van der Waals surface area contributed by atoms with Gasteiger partial charge in [-0.2, -0.15) is 0 Å². The number of hydrogen-bond acceptors (Lipinski definition) is 8. The SMILES string of the molecule is O=Cc1ccccc1CCCCOc1cc(OCCCCc2ccccc2C=O)c(OCCCCc2ccccc2C=O)cc1OCCCCc1ccccc1C=O. The van der Waals surface area contributed by atoms with E-state index in [4.69, 9.17) is 18.9 Å². The topological polar surface area (TPSA) is 105 Å². The molecule has 0 aromatic heterocycles. The molecule has 0 amide bonds. The zero-order valence-corrected chi connectivity index (χ0v) is 33.3. The van der Waals surface area contributed by atoms with E-state index < -0.39 is 0 Å². The van der Waals surface area contributed by atoms with Crippen LogP contribution in [0, 0.1) is 0 Å². The largest absolute Gasteiger partial charge is 0.490 e. The van der Waals surface area contributed by atoms with Crippen molar-refractivity contribution in [3.63, 3.8) is 0 Å². The summed E-state index contributed by atoms with van der Waals surface area (Å²) in [6.07, 6.45) is 13.2. The summed E-state index contributed by atoms with van der Waals surface area (Å²) in [5.41, 5.74) is 6.95. The molecule has 0 atom stereocenters. The second-order valence-corrected chi connectivity index (χ2v) is 14.2. The Kier molecular flexibility index (Phi) is 18.3. The number of aryl methyl sites for hydroxylation is 4. The summed E-state index contributed by atoms with van der Waals surface area (Å²) in [5.74, 6) is 2.25. The lowest BCUT2D eigenvalue weighted by Gasteiger charge is -2.19. The molecule has 8 nitrogen and oxygen atoms in total. The van der Waals surface area contributed by atoms with E-state index in [1.807, 2.05) is 109 Å². The summed E-state index contributed by atoms with van der Waals surface area (Å²) in [4.78, 5) is 46.0. The van der Waals surface area contributed by atoms with Crippen LogP contribution >= 0.6 is 0 Å². The maximum absolute atomic E-state index is 11.5. The van der Waals surface area contributed by atoms with Gasteiger partial charge in [0.25, 0.3) is 0 Å². The Morgan fingerprint density at radius 1 is 0.310 bits per heavy atom. The summed E-state index contributed by atoms with van der Waals surface area (Å²) in [5, 5.41) is 0. The van der Waals surface area contributed by atoms with Crippen molar-refractivity contribution in [3.05, 3.63) is 154 Å². The zero-order chi connectivity index (χ0) is 40.6. The highest BCUT2D eigenvalue weighted by molar-refractivity contribution is 5.78. The van der Waals surface area contributed by atoms with E-state index >= 15 is 0 Å². The van der Waals surface area contributed by atoms with Crippen LogP contribution < -0.4 is 18.9 Å². The van der Waals surface area contributed by atoms with Crippen molar-refractivity contribution in [2.75, 3.05) is 26.4 Å². The Morgan fingerprint density at radius 3 is 0.759 bits per heavy atom. The lowest BCUT2D eigenvalue weighted by Crippen LogP contribution is -2.07. The Hall–Kier alpha value is -6.02. The van der Waals surface area contributed by atoms with Crippen molar-refractivity contribution in [1.82, 2.24) is 0 Å². The van der Waals surface area contributed by atoms with Gasteiger partial charge in [0, 0.05) is 34.4 Å². The van der Waals surface area contributed by atoms with Crippen LogP contribution in [0.3, 0.4) is 0 Å². The van der Waals surface area contributed by atoms with Crippen LogP contribution in [0.1, 0.15) is 115 Å². The predicted molar refractivity (Wildman–Crippen MR) is 227 cm³/mol. The molecule has 5 aromatic rings. The van der Waals surface area contributed by atoms with Gasteiger partial charge >= 0.3 is 0 Å². The second-order valence-electron chi connectivity index (χ2n) is 14.2. The molecule has 0 aliphatic carbocycles. The molecule has 0 bridgehead atoms. The summed E-state index contributed by atoms with van der Waals surface area (Å²) < 4.78 is 25.5. The third-order valence-electron chi connectivity index (χ3n) is 10.1. The Balaban J connectivity index is 1.26. The third-order valence-corrected chi connectivity index (χ3v) is 10.1. The lowest BCUT2D eigenvalue weighted by atomic mass is 10.0. The normalized spacial score (nSPS) is 10.8. The quantitative estimate of drug-likeness (QED) is 0.0365. The van der Waals surface area contributed by atoms with Gasteiger partial charge in [-0.25, -0.2) is 0 Å². The minimum absolute atomic E-state index is 0.445. The molecule has 0 fully saturated rings. The van der Waals surface area contributed by atoms with Crippen LogP contribution in [0.2, 0.25) is 0 Å². The van der Waals surface area contributed by atoms with Crippen LogP contribution in [0.25, 0.3) is 0 Å². The molecule has 5 aromatic carbocycles. The molecule has 5 rings (SSSR count). The Labute approximate surface area is 342 Å². The number of hydrogen-bond donors (Lipinski definition) is 0. The maximum atomic E-state index is 11.5. The maximum Gasteiger partial charge on any atom is 0.165 e. The summed E-state index contributed by atoms with van der Waals surface area (Å²) >= 11 is 0. The molecule has 0 aliphatic rings. The zero-order valence-electron chi connectivity index (χ0n) is 33.3. The number of carbonyl (C=O) groups excluding carboxylic acids is 4. The Morgan fingerprint density at radius 2 is 0.534 bits per heavy atom. The van der Waals surface area contributed by atoms with Gasteiger partial charge in [-0.05, 0) is 99.3 Å². The van der Waals surface area contributed by atoms with Gasteiger partial charge in [0.2, 0.25) is 0 Å². The van der Waals surface area contributed by atoms with Gasteiger partial charge in [0.15, 0.2) is 23.0 Å². The minimum Gasteiger partial charge on any atom is -0.490 e. The van der Waals surface area contributed by atoms with Crippen LogP contribution in [0.5, 0.6) is 23.0 Å². The van der Waals surface area contributed by atoms with Gasteiger partial charge in [0.1, 0.15) is 25.1 Å². The first-order chi connectivity index (χ1) is 28.6. The van der Waals surface area contributed by atoms with Crippen molar-refractivity contribution in [1.29, 1.82) is 0 Å². The van der Waals surface area contributed by atoms with Crippen molar-refractivity contribution in [3.8, 4) is 23.0 Å². The lowest BCUT2D eigenvalue weighted by molar-refractivity contribution is 0.111. The fourth-order valence-electron chi connectivity index (χ4n) is 6.88. The van der Waals surface area contributed by atoms with Crippen molar-refractivity contribution < 1.29 is 38.1 Å². The standard InChI is InChI=1S/C50H54O8/c51-35-43-25-5-1-17-39(43)21-9-13-29-55-47-33-49(57-31-15-11-23-41-19-3-7-27-45(41)37-53)50(58-32-16-12-24-42-20-4-8-28-46(42)38-54)34-48(47)56-30-14-10-22-40-18-2-6-26-44(40)36-52/h1-8,17-20,25-28,33-38H,9-16,21-24,29-32H2. The van der Waals surface area contributed by atoms with E-state index in [1.54, 1.807) is 0 Å². The molecule has 0 radical (unpaired) electrons. The minimum atomic E-state index is 0.445. The molecule has 302 valence electrons. The molecule has 8 heteroatoms. The first-order valence-corrected chi connectivity index (χ1v) is 20.4. The summed E-state index contributed by atoms with van der Waals surface area (Å²) in [7, 11) is 0. The fourth-order valence-corrected chi connectivity index (χ4v) is 6.88. The van der Waals surface area contributed by atoms with Crippen LogP contribution in [-0.2, 0) is 25.7 Å². The van der Waals surface area contributed by atoms with Gasteiger partial charge in [-0.1, -0.05) is 97.1 Å². The van der Waals surface area contributed by atoms with Crippen LogP contribution in [0.4, 0.5) is 0 Å². The number of unbranched alkanes of at least 4 members (excludes halogenated alkanes) is 4. The number of rotatable bonds is 28. The molecular formula is C50H54O8. The summed E-state index contributed by atoms with van der Waals surface area (Å²) in [6, 6.07) is 34.3. The molecule has 0 saturated carbocycles. The molecule has 0 saturated heterocycles. The second kappa shape index (κ2) is 24.6. The van der Waals surface area contributed by atoms with E-state index in [0.717, 1.165) is 124 Å². The van der Waals surface area contributed by atoms with Gasteiger partial charge in [-0.3, -0.25) is 19.2 Å². The molecule has 0 unspecified atom stereocenters. The first kappa shape index (κ1) is 43.1. The number of benzene rings is 5. The smallest absolute Gasteiger partial charge is 0.165 e. The van der Waals surface area contributed by atoms with E-state index in [0.29, 0.717) is 71.7 Å². The average molecular weight is 783 g/mol. The van der Waals surface area contributed by atoms with Crippen LogP contribution in [0.15, 0.2) is 109 Å². The number of aldehydes is 4. The van der Waals surface area contributed by atoms with Crippen molar-refractivity contribution in [2.45, 2.75) is 77.0 Å². The highest BCUT2D eigenvalue weighted by Crippen LogP contribution is 2.40. The summed E-state index contributed by atoms with van der Waals surface area (Å²) in [6.45, 7) is 1.78. The molecule has 58 heavy (non-hydrogen) atoms. The van der Waals surface area contributed by atoms with E-state index in [9.17, 15) is 19.2 Å². The predicted octanol–water partition coefficient (Wildman–Crippen LogP) is 10.5.